The molecule has 0 aliphatic carbocycles. The molecule has 1 aromatic heterocycles. The van der Waals surface area contributed by atoms with E-state index in [9.17, 15) is 4.79 Å². The molecule has 1 rings (SSSR count). The van der Waals surface area contributed by atoms with Crippen molar-refractivity contribution in [2.45, 2.75) is 39.5 Å². The maximum absolute atomic E-state index is 11.5. The number of carbonyl (C=O) groups excluding carboxylic acids is 1. The molecule has 0 atom stereocenters. The third kappa shape index (κ3) is 3.24. The second kappa shape index (κ2) is 5.47. The van der Waals surface area contributed by atoms with Gasteiger partial charge in [-0.3, -0.25) is 4.79 Å². The predicted molar refractivity (Wildman–Crippen MR) is 55.2 cm³/mol. The van der Waals surface area contributed by atoms with Crippen LogP contribution in [0.15, 0.2) is 12.4 Å². The molecule has 0 saturated heterocycles. The lowest BCUT2D eigenvalue weighted by Crippen LogP contribution is -2.05. The van der Waals surface area contributed by atoms with Crippen molar-refractivity contribution in [2.75, 3.05) is 0 Å². The van der Waals surface area contributed by atoms with Crippen LogP contribution in [0.1, 0.15) is 48.8 Å². The Morgan fingerprint density at radius 2 is 1.93 bits per heavy atom. The molecule has 3 nitrogen and oxygen atoms in total. The standard InChI is InChI=1S/C11H16N2O/c1-3-4-5-6-10(14)11-12-7-9(2)8-13-11/h7-8H,3-6H2,1-2H3. The molecule has 0 bridgehead atoms. The first-order chi connectivity index (χ1) is 6.74. The molecule has 1 heterocycles. The largest absolute Gasteiger partial charge is 0.291 e. The normalized spacial score (nSPS) is 10.1. The SMILES string of the molecule is CCCCCC(=O)c1ncc(C)cn1. The van der Waals surface area contributed by atoms with Gasteiger partial charge in [0.1, 0.15) is 0 Å². The molecule has 0 N–H and O–H groups in total. The van der Waals surface area contributed by atoms with E-state index in [4.69, 9.17) is 0 Å². The van der Waals surface area contributed by atoms with Crippen LogP contribution < -0.4 is 0 Å². The lowest BCUT2D eigenvalue weighted by molar-refractivity contribution is 0.0969. The van der Waals surface area contributed by atoms with Gasteiger partial charge in [0.2, 0.25) is 0 Å². The minimum atomic E-state index is 0.0541. The Balaban J connectivity index is 2.48. The van der Waals surface area contributed by atoms with E-state index in [1.54, 1.807) is 12.4 Å². The van der Waals surface area contributed by atoms with Gasteiger partial charge in [-0.15, -0.1) is 0 Å². The summed E-state index contributed by atoms with van der Waals surface area (Å²) in [7, 11) is 0. The molecule has 1 aromatic rings. The number of ketones is 1. The highest BCUT2D eigenvalue weighted by Gasteiger charge is 2.07. The van der Waals surface area contributed by atoms with Gasteiger partial charge >= 0.3 is 0 Å². The molecule has 0 amide bonds. The van der Waals surface area contributed by atoms with Gasteiger partial charge in [-0.1, -0.05) is 19.8 Å². The van der Waals surface area contributed by atoms with Crippen LogP contribution in [0.3, 0.4) is 0 Å². The highest BCUT2D eigenvalue weighted by molar-refractivity contribution is 5.92. The zero-order valence-corrected chi connectivity index (χ0v) is 8.79. The minimum absolute atomic E-state index is 0.0541. The molecule has 14 heavy (non-hydrogen) atoms. The van der Waals surface area contributed by atoms with Gasteiger partial charge in [-0.05, 0) is 18.9 Å². The van der Waals surface area contributed by atoms with Gasteiger partial charge in [-0.25, -0.2) is 9.97 Å². The summed E-state index contributed by atoms with van der Waals surface area (Å²) in [6, 6.07) is 0. The summed E-state index contributed by atoms with van der Waals surface area (Å²) in [5.74, 6) is 0.408. The number of hydrogen-bond acceptors (Lipinski definition) is 3. The molecule has 0 spiro atoms. The predicted octanol–water partition coefficient (Wildman–Crippen LogP) is 2.55. The molecule has 0 aliphatic heterocycles. The van der Waals surface area contributed by atoms with Crippen molar-refractivity contribution < 1.29 is 4.79 Å². The molecule has 0 aromatic carbocycles. The number of nitrogens with zero attached hydrogens (tertiary/aromatic N) is 2. The van der Waals surface area contributed by atoms with E-state index in [-0.39, 0.29) is 5.78 Å². The Hall–Kier alpha value is -1.25. The van der Waals surface area contributed by atoms with E-state index < -0.39 is 0 Å². The van der Waals surface area contributed by atoms with Crippen LogP contribution >= 0.6 is 0 Å². The van der Waals surface area contributed by atoms with E-state index >= 15 is 0 Å². The van der Waals surface area contributed by atoms with Crippen LogP contribution in [-0.4, -0.2) is 15.8 Å². The fraction of sp³-hybridized carbons (Fsp3) is 0.545. The van der Waals surface area contributed by atoms with E-state index in [1.165, 1.54) is 0 Å². The fourth-order valence-corrected chi connectivity index (χ4v) is 1.18. The van der Waals surface area contributed by atoms with E-state index in [2.05, 4.69) is 16.9 Å². The van der Waals surface area contributed by atoms with Gasteiger partial charge in [0.25, 0.3) is 0 Å². The van der Waals surface area contributed by atoms with Crippen LogP contribution in [0.5, 0.6) is 0 Å². The van der Waals surface area contributed by atoms with Crippen molar-refractivity contribution in [2.24, 2.45) is 0 Å². The van der Waals surface area contributed by atoms with Crippen LogP contribution in [0.25, 0.3) is 0 Å². The van der Waals surface area contributed by atoms with Crippen LogP contribution in [0.2, 0.25) is 0 Å². The quantitative estimate of drug-likeness (QED) is 0.532. The second-order valence-corrected chi connectivity index (χ2v) is 3.46. The first-order valence-corrected chi connectivity index (χ1v) is 5.06. The second-order valence-electron chi connectivity index (χ2n) is 3.46. The van der Waals surface area contributed by atoms with Gasteiger partial charge in [0.05, 0.1) is 0 Å². The number of Topliss-reactive ketones (excluding diaryl/α,β-unsaturated/α-hetero) is 1. The monoisotopic (exact) mass is 192 g/mol. The number of rotatable bonds is 5. The molecular formula is C11H16N2O. The summed E-state index contributed by atoms with van der Waals surface area (Å²) in [6.45, 7) is 4.03. The highest BCUT2D eigenvalue weighted by Crippen LogP contribution is 2.04. The zero-order chi connectivity index (χ0) is 10.4. The summed E-state index contributed by atoms with van der Waals surface area (Å²) >= 11 is 0. The van der Waals surface area contributed by atoms with Crippen molar-refractivity contribution >= 4 is 5.78 Å². The summed E-state index contributed by atoms with van der Waals surface area (Å²) < 4.78 is 0. The Labute approximate surface area is 84.6 Å². The number of hydrogen-bond donors (Lipinski definition) is 0. The summed E-state index contributed by atoms with van der Waals surface area (Å²) in [5, 5.41) is 0. The first-order valence-electron chi connectivity index (χ1n) is 5.06. The third-order valence-electron chi connectivity index (χ3n) is 2.04. The molecule has 3 heteroatoms. The van der Waals surface area contributed by atoms with E-state index in [0.29, 0.717) is 12.2 Å². The first kappa shape index (κ1) is 10.8. The zero-order valence-electron chi connectivity index (χ0n) is 8.79. The minimum Gasteiger partial charge on any atom is -0.291 e. The maximum Gasteiger partial charge on any atom is 0.200 e. The molecule has 0 fully saturated rings. The van der Waals surface area contributed by atoms with Crippen molar-refractivity contribution in [1.82, 2.24) is 9.97 Å². The number of unbranched alkanes of at least 4 members (excludes halogenated alkanes) is 2. The number of carbonyl (C=O) groups is 1. The molecular weight excluding hydrogens is 176 g/mol. The van der Waals surface area contributed by atoms with Gasteiger partial charge < -0.3 is 0 Å². The Kier molecular flexibility index (Phi) is 4.23. The molecule has 0 unspecified atom stereocenters. The molecule has 0 aliphatic rings. The molecule has 0 saturated carbocycles. The van der Waals surface area contributed by atoms with E-state index in [0.717, 1.165) is 24.8 Å². The topological polar surface area (TPSA) is 42.9 Å². The van der Waals surface area contributed by atoms with Gasteiger partial charge in [0, 0.05) is 18.8 Å². The average molecular weight is 192 g/mol. The average Bonchev–Trinajstić information content (AvgIpc) is 2.19. The summed E-state index contributed by atoms with van der Waals surface area (Å²) in [5.41, 5.74) is 0.982. The van der Waals surface area contributed by atoms with Crippen LogP contribution in [0.4, 0.5) is 0 Å². The van der Waals surface area contributed by atoms with Crippen LogP contribution in [-0.2, 0) is 0 Å². The Bertz CT molecular complexity index is 293. The number of aromatic nitrogens is 2. The number of aryl methyl sites for hydroxylation is 1. The van der Waals surface area contributed by atoms with Crippen molar-refractivity contribution in [1.29, 1.82) is 0 Å². The van der Waals surface area contributed by atoms with Crippen LogP contribution in [0, 0.1) is 6.92 Å². The third-order valence-corrected chi connectivity index (χ3v) is 2.04. The summed E-state index contributed by atoms with van der Waals surface area (Å²) in [6.07, 6.45) is 7.09. The van der Waals surface area contributed by atoms with Gasteiger partial charge in [-0.2, -0.15) is 0 Å². The van der Waals surface area contributed by atoms with Gasteiger partial charge in [0.15, 0.2) is 11.6 Å². The molecule has 76 valence electrons. The Morgan fingerprint density at radius 3 is 2.50 bits per heavy atom. The fourth-order valence-electron chi connectivity index (χ4n) is 1.18. The smallest absolute Gasteiger partial charge is 0.200 e. The van der Waals surface area contributed by atoms with Crippen molar-refractivity contribution in [3.8, 4) is 0 Å². The highest BCUT2D eigenvalue weighted by atomic mass is 16.1. The maximum atomic E-state index is 11.5. The molecule has 0 radical (unpaired) electrons. The van der Waals surface area contributed by atoms with E-state index in [1.807, 2.05) is 6.92 Å². The lowest BCUT2D eigenvalue weighted by Gasteiger charge is -1.98. The Morgan fingerprint density at radius 1 is 1.29 bits per heavy atom. The lowest BCUT2D eigenvalue weighted by atomic mass is 10.1. The summed E-state index contributed by atoms with van der Waals surface area (Å²) in [4.78, 5) is 19.5. The van der Waals surface area contributed by atoms with Crippen molar-refractivity contribution in [3.63, 3.8) is 0 Å². The van der Waals surface area contributed by atoms with Crippen molar-refractivity contribution in [3.05, 3.63) is 23.8 Å².